The van der Waals surface area contributed by atoms with Crippen LogP contribution in [-0.4, -0.2) is 36.0 Å². The van der Waals surface area contributed by atoms with Gasteiger partial charge in [-0.25, -0.2) is 29.9 Å². The molecule has 8 heterocycles. The monoisotopic (exact) mass is 1690 g/mol. The van der Waals surface area contributed by atoms with Crippen LogP contribution in [0.2, 0.25) is 0 Å². The summed E-state index contributed by atoms with van der Waals surface area (Å²) in [6.45, 7) is 0. The summed E-state index contributed by atoms with van der Waals surface area (Å²) in [6.07, 6.45) is 6.43. The van der Waals surface area contributed by atoms with Gasteiger partial charge in [0.25, 0.3) is 0 Å². The molecule has 0 N–H and O–H groups in total. The van der Waals surface area contributed by atoms with Crippen LogP contribution in [0.15, 0.2) is 397 Å². The molecule has 0 saturated heterocycles. The number of ether oxygens (including phenoxy) is 1. The second-order valence-electron chi connectivity index (χ2n) is 33.3. The van der Waals surface area contributed by atoms with E-state index in [0.717, 1.165) is 171 Å². The van der Waals surface area contributed by atoms with Crippen LogP contribution in [0.3, 0.4) is 0 Å². The highest BCUT2D eigenvalue weighted by molar-refractivity contribution is 7.26. The maximum atomic E-state index is 7.04. The number of allylic oxidation sites excluding steroid dienone is 2. The summed E-state index contributed by atoms with van der Waals surface area (Å²) in [6, 6.07) is 133. The summed E-state index contributed by atoms with van der Waals surface area (Å²) in [5, 5.41) is 15.8. The van der Waals surface area contributed by atoms with Gasteiger partial charge in [-0.3, -0.25) is 0 Å². The Labute approximate surface area is 744 Å². The molecule has 0 bridgehead atoms. The van der Waals surface area contributed by atoms with Crippen molar-refractivity contribution in [2.75, 3.05) is 0 Å². The molecular weight excluding hydrogens is 1620 g/mol. The molecule has 25 aromatic rings. The van der Waals surface area contributed by atoms with Gasteiger partial charge >= 0.3 is 0 Å². The highest BCUT2D eigenvalue weighted by Gasteiger charge is 2.38. The predicted molar refractivity (Wildman–Crippen MR) is 532 cm³/mol. The van der Waals surface area contributed by atoms with Crippen molar-refractivity contribution in [3.63, 3.8) is 0 Å². The maximum absolute atomic E-state index is 7.04. The Balaban J connectivity index is 0.517. The molecule has 27 rings (SSSR count). The number of para-hydroxylation sites is 3. The van der Waals surface area contributed by atoms with E-state index in [-0.39, 0.29) is 12.0 Å². The Hall–Kier alpha value is -16.0. The Bertz CT molecular complexity index is 9090. The van der Waals surface area contributed by atoms with Crippen LogP contribution in [0, 0.1) is 0 Å². The van der Waals surface area contributed by atoms with E-state index in [1.54, 1.807) is 22.7 Å². The zero-order valence-corrected chi connectivity index (χ0v) is 70.7. The van der Waals surface area contributed by atoms with E-state index < -0.39 is 0 Å². The van der Waals surface area contributed by atoms with Gasteiger partial charge in [0.2, 0.25) is 0 Å². The predicted octanol–water partition coefficient (Wildman–Crippen LogP) is 32.1. The van der Waals surface area contributed by atoms with Gasteiger partial charge in [0, 0.05) is 138 Å². The quantitative estimate of drug-likeness (QED) is 0.118. The molecule has 2 atom stereocenters. The topological polar surface area (TPSA) is 113 Å². The normalized spacial score (nSPS) is 13.9. The Morgan fingerprint density at radius 1 is 0.234 bits per heavy atom. The third-order valence-electron chi connectivity index (χ3n) is 26.0. The number of fused-ring (bicyclic) bond motifs is 20. The third kappa shape index (κ3) is 11.8. The fourth-order valence-electron chi connectivity index (χ4n) is 19.9. The lowest BCUT2D eigenvalue weighted by molar-refractivity contribution is 0.278. The van der Waals surface area contributed by atoms with Crippen molar-refractivity contribution in [3.8, 4) is 130 Å². The number of thiophene rings is 3. The largest absolute Gasteiger partial charge is 0.484 e. The summed E-state index contributed by atoms with van der Waals surface area (Å²) in [7, 11) is 0. The van der Waals surface area contributed by atoms with E-state index in [4.69, 9.17) is 43.5 Å². The first-order chi connectivity index (χ1) is 63.3. The Kier molecular flexibility index (Phi) is 16.3. The number of nitrogens with zero attached hydrogens (tertiary/aromatic N) is 6. The molecule has 1 aliphatic heterocycles. The zero-order valence-electron chi connectivity index (χ0n) is 68.2. The van der Waals surface area contributed by atoms with Crippen molar-refractivity contribution in [2.45, 2.75) is 12.0 Å². The maximum Gasteiger partial charge on any atom is 0.164 e. The summed E-state index contributed by atoms with van der Waals surface area (Å²) in [5.74, 6) is 4.60. The van der Waals surface area contributed by atoms with E-state index in [1.807, 2.05) is 29.5 Å². The number of furan rings is 2. The summed E-state index contributed by atoms with van der Waals surface area (Å²) < 4.78 is 27.9. The highest BCUT2D eigenvalue weighted by atomic mass is 32.1. The number of hydrogen-bond acceptors (Lipinski definition) is 12. The Morgan fingerprint density at radius 3 is 1.49 bits per heavy atom. The van der Waals surface area contributed by atoms with Gasteiger partial charge in [-0.2, -0.15) is 0 Å². The van der Waals surface area contributed by atoms with Crippen molar-refractivity contribution in [2.24, 2.45) is 0 Å². The van der Waals surface area contributed by atoms with Gasteiger partial charge in [-0.05, 0) is 174 Å². The average molecular weight is 1690 g/mol. The number of aromatic nitrogens is 6. The number of rotatable bonds is 12. The van der Waals surface area contributed by atoms with Crippen molar-refractivity contribution in [1.82, 2.24) is 29.9 Å². The van der Waals surface area contributed by atoms with Crippen molar-refractivity contribution in [3.05, 3.63) is 399 Å². The lowest BCUT2D eigenvalue weighted by Gasteiger charge is -2.23. The van der Waals surface area contributed by atoms with Gasteiger partial charge < -0.3 is 13.6 Å². The van der Waals surface area contributed by atoms with E-state index in [0.29, 0.717) is 34.9 Å². The number of benzene rings is 18. The molecule has 12 heteroatoms. The third-order valence-corrected chi connectivity index (χ3v) is 29.4. The van der Waals surface area contributed by atoms with Crippen molar-refractivity contribution < 1.29 is 13.6 Å². The van der Waals surface area contributed by atoms with Gasteiger partial charge in [0.15, 0.2) is 34.9 Å². The minimum absolute atomic E-state index is 0.0899. The molecule has 0 saturated carbocycles. The molecule has 0 fully saturated rings. The molecule has 0 radical (unpaired) electrons. The minimum Gasteiger partial charge on any atom is -0.484 e. The SMILES string of the molecule is C1=CC2c3ccccc3OC2C(c2ccc(-c3cc(-c4nc(-c5ccc(-c6ccc(-c7cccc8sc9cc(-c%10cc(-c%11ccc(-c%12nc(-c%13ccc%14ccccc%14c%13)nc(-c%13ccc%14sc%15ccccc%15c%14c%13)n%12)cc%11)c%11c(c%10)oc%10ccccc%10%11)ccc9c78)cc6)cc5)nc(-c5cccc6sc7ccccc7c56)n4)cc4ccccc34)c3c2oc2ccccc23)=C1. The van der Waals surface area contributed by atoms with Gasteiger partial charge in [0.1, 0.15) is 34.2 Å². The second kappa shape index (κ2) is 28.8. The summed E-state index contributed by atoms with van der Waals surface area (Å²) in [4.78, 5) is 32.3. The molecule has 128 heavy (non-hydrogen) atoms. The van der Waals surface area contributed by atoms with E-state index in [2.05, 4.69) is 370 Å². The summed E-state index contributed by atoms with van der Waals surface area (Å²) >= 11 is 5.42. The molecule has 2 aliphatic rings. The molecule has 9 nitrogen and oxygen atoms in total. The molecule has 7 aromatic heterocycles. The van der Waals surface area contributed by atoms with Crippen LogP contribution in [0.5, 0.6) is 5.75 Å². The molecule has 596 valence electrons. The smallest absolute Gasteiger partial charge is 0.164 e. The standard InChI is InChI=1S/C116H66N6O3S3/c1-2-19-72-58-75(51-42-65(72)18-1)113-117-111(118-114(120-113)76-53-57-101-94(60-76)82-23-8-13-34-99(82)126-101)71-49-45-69(46-50-71)92-61-77(63-98-105(92)87-24-6-11-32-96(87)123-98)73-52-54-90-104(64-73)128-102-36-16-27-80(106(90)102)68-43-38-66(39-44-68)67-40-47-70(48-41-67)112-119-115(122-116(121-112)91-30-17-37-103-107(91)89-26-9-14-35-100(89)127-103)78-59-74-20-3-4-21-79(74)93(62-78)83-55-56-86(110-108(83)88-25-7-12-33-97(88)125-110)85-29-15-28-84-81-22-5-10-31-95(81)124-109(84)85/h1-64,84,109H. The first-order valence-corrected chi connectivity index (χ1v) is 45.5. The summed E-state index contributed by atoms with van der Waals surface area (Å²) in [5.41, 5.74) is 23.0. The van der Waals surface area contributed by atoms with E-state index >= 15 is 0 Å². The van der Waals surface area contributed by atoms with Crippen LogP contribution in [0.4, 0.5) is 0 Å². The fourth-order valence-corrected chi connectivity index (χ4v) is 23.3. The van der Waals surface area contributed by atoms with Gasteiger partial charge in [-0.15, -0.1) is 34.0 Å². The second-order valence-corrected chi connectivity index (χ2v) is 36.5. The van der Waals surface area contributed by atoms with E-state index in [1.165, 1.54) is 66.3 Å². The molecule has 18 aromatic carbocycles. The lowest BCUT2D eigenvalue weighted by Crippen LogP contribution is -2.21. The molecular formula is C116H66N6O3S3. The van der Waals surface area contributed by atoms with Crippen LogP contribution in [0.1, 0.15) is 17.0 Å². The number of hydrogen-bond donors (Lipinski definition) is 0. The first-order valence-electron chi connectivity index (χ1n) is 43.0. The van der Waals surface area contributed by atoms with Gasteiger partial charge in [-0.1, -0.05) is 291 Å². The minimum atomic E-state index is -0.195. The Morgan fingerprint density at radius 2 is 0.734 bits per heavy atom. The van der Waals surface area contributed by atoms with Crippen molar-refractivity contribution >= 4 is 166 Å². The van der Waals surface area contributed by atoms with Gasteiger partial charge in [0.05, 0.1) is 0 Å². The molecule has 0 amide bonds. The van der Waals surface area contributed by atoms with Crippen LogP contribution < -0.4 is 4.74 Å². The molecule has 1 aliphatic carbocycles. The van der Waals surface area contributed by atoms with Crippen molar-refractivity contribution in [1.29, 1.82) is 0 Å². The fraction of sp³-hybridized carbons (Fsp3) is 0.0172. The van der Waals surface area contributed by atoms with Crippen LogP contribution in [-0.2, 0) is 0 Å². The highest BCUT2D eigenvalue weighted by Crippen LogP contribution is 2.52. The lowest BCUT2D eigenvalue weighted by atomic mass is 9.83. The van der Waals surface area contributed by atoms with Crippen LogP contribution in [0.25, 0.3) is 255 Å². The first kappa shape index (κ1) is 72.5. The zero-order chi connectivity index (χ0) is 83.8. The van der Waals surface area contributed by atoms with E-state index in [9.17, 15) is 0 Å². The molecule has 0 spiro atoms. The average Bonchev–Trinajstić information content (AvgIpc) is 1.56. The molecule has 2 unspecified atom stereocenters. The van der Waals surface area contributed by atoms with Crippen LogP contribution >= 0.6 is 34.0 Å².